The van der Waals surface area contributed by atoms with Gasteiger partial charge in [-0.05, 0) is 42.8 Å². The number of amides is 1. The van der Waals surface area contributed by atoms with Crippen molar-refractivity contribution in [1.29, 1.82) is 0 Å². The van der Waals surface area contributed by atoms with Crippen LogP contribution in [0, 0.1) is 0 Å². The second-order valence-corrected chi connectivity index (χ2v) is 8.50. The summed E-state index contributed by atoms with van der Waals surface area (Å²) < 4.78 is 4.31. The zero-order valence-corrected chi connectivity index (χ0v) is 18.8. The van der Waals surface area contributed by atoms with Crippen LogP contribution in [0.4, 0.5) is 0 Å². The summed E-state index contributed by atoms with van der Waals surface area (Å²) in [5.41, 5.74) is 7.97. The summed E-state index contributed by atoms with van der Waals surface area (Å²) in [6, 6.07) is 22.6. The molecule has 160 valence electrons. The van der Waals surface area contributed by atoms with Gasteiger partial charge in [0.2, 0.25) is 0 Å². The van der Waals surface area contributed by atoms with Crippen LogP contribution in [0.1, 0.15) is 12.5 Å². The Morgan fingerprint density at radius 1 is 1.03 bits per heavy atom. The van der Waals surface area contributed by atoms with E-state index < -0.39 is 0 Å². The molecule has 1 amide bonds. The fourth-order valence-corrected chi connectivity index (χ4v) is 4.87. The van der Waals surface area contributed by atoms with Crippen LogP contribution in [0.2, 0.25) is 0 Å². The number of aryl methyl sites for hydroxylation is 2. The maximum absolute atomic E-state index is 12.3. The summed E-state index contributed by atoms with van der Waals surface area (Å²) in [5, 5.41) is 7.38. The average Bonchev–Trinajstić information content (AvgIpc) is 3.32. The molecule has 5 rings (SSSR count). The van der Waals surface area contributed by atoms with E-state index in [1.165, 1.54) is 33.6 Å². The van der Waals surface area contributed by atoms with E-state index in [0.29, 0.717) is 0 Å². The van der Waals surface area contributed by atoms with Gasteiger partial charge in [0.15, 0.2) is 5.16 Å². The summed E-state index contributed by atoms with van der Waals surface area (Å²) in [7, 11) is 1.96. The Bertz CT molecular complexity index is 1480. The molecule has 0 aliphatic heterocycles. The quantitative estimate of drug-likeness (QED) is 0.231. The lowest BCUT2D eigenvalue weighted by atomic mass is 10.1. The first-order valence-corrected chi connectivity index (χ1v) is 11.5. The highest BCUT2D eigenvalue weighted by atomic mass is 32.2. The fourth-order valence-electron chi connectivity index (χ4n) is 4.09. The van der Waals surface area contributed by atoms with E-state index in [0.717, 1.165) is 28.3 Å². The van der Waals surface area contributed by atoms with Crippen molar-refractivity contribution >= 4 is 56.7 Å². The second-order valence-electron chi connectivity index (χ2n) is 7.56. The Morgan fingerprint density at radius 2 is 1.78 bits per heavy atom. The highest BCUT2D eigenvalue weighted by Gasteiger charge is 2.11. The molecule has 2 heterocycles. The lowest BCUT2D eigenvalue weighted by Gasteiger charge is -2.03. The topological polar surface area (TPSA) is 64.2 Å². The molecule has 0 saturated heterocycles. The minimum absolute atomic E-state index is 0.165. The summed E-state index contributed by atoms with van der Waals surface area (Å²) in [6.07, 6.45) is 1.69. The molecule has 6 nitrogen and oxygen atoms in total. The molecular formula is C25H23N5OS. The van der Waals surface area contributed by atoms with Gasteiger partial charge in [-0.25, -0.2) is 10.4 Å². The number of rotatable bonds is 6. The van der Waals surface area contributed by atoms with Crippen LogP contribution >= 0.6 is 11.8 Å². The predicted octanol–water partition coefficient (Wildman–Crippen LogP) is 4.94. The van der Waals surface area contributed by atoms with Gasteiger partial charge in [0.25, 0.3) is 5.91 Å². The Kier molecular flexibility index (Phi) is 5.41. The standard InChI is InChI=1S/C25H23N5OS/c1-3-30-21-10-6-4-8-18(21)19-14-17(12-13-22(19)30)15-26-28-24(31)16-32-25-27-20-9-5-7-11-23(20)29(25)2/h4-15H,3,16H2,1-2H3,(H,28,31)/b26-15+. The number of imidazole rings is 1. The first kappa shape index (κ1) is 20.3. The maximum atomic E-state index is 12.3. The third-order valence-corrected chi connectivity index (χ3v) is 6.62. The number of hydrazone groups is 1. The largest absolute Gasteiger partial charge is 0.341 e. The van der Waals surface area contributed by atoms with Gasteiger partial charge < -0.3 is 9.13 Å². The van der Waals surface area contributed by atoms with Crippen LogP contribution in [0.25, 0.3) is 32.8 Å². The number of benzene rings is 3. The van der Waals surface area contributed by atoms with Crippen molar-refractivity contribution in [2.45, 2.75) is 18.6 Å². The lowest BCUT2D eigenvalue weighted by molar-refractivity contribution is -0.118. The molecule has 0 saturated carbocycles. The number of thioether (sulfide) groups is 1. The first-order chi connectivity index (χ1) is 15.7. The van der Waals surface area contributed by atoms with Gasteiger partial charge in [-0.3, -0.25) is 4.79 Å². The smallest absolute Gasteiger partial charge is 0.250 e. The summed E-state index contributed by atoms with van der Waals surface area (Å²) in [5.74, 6) is 0.0827. The van der Waals surface area contributed by atoms with Crippen molar-refractivity contribution in [3.05, 3.63) is 72.3 Å². The molecule has 7 heteroatoms. The zero-order chi connectivity index (χ0) is 22.1. The molecule has 0 spiro atoms. The molecule has 0 bridgehead atoms. The molecule has 1 N–H and O–H groups in total. The summed E-state index contributed by atoms with van der Waals surface area (Å²) in [6.45, 7) is 3.07. The summed E-state index contributed by atoms with van der Waals surface area (Å²) >= 11 is 1.40. The molecule has 0 radical (unpaired) electrons. The highest BCUT2D eigenvalue weighted by molar-refractivity contribution is 7.99. The fraction of sp³-hybridized carbons (Fsp3) is 0.160. The predicted molar refractivity (Wildman–Crippen MR) is 132 cm³/mol. The van der Waals surface area contributed by atoms with Crippen molar-refractivity contribution < 1.29 is 4.79 Å². The molecule has 32 heavy (non-hydrogen) atoms. The second kappa shape index (κ2) is 8.51. The van der Waals surface area contributed by atoms with Gasteiger partial charge in [0, 0.05) is 35.4 Å². The minimum atomic E-state index is -0.165. The number of fused-ring (bicyclic) bond motifs is 4. The van der Waals surface area contributed by atoms with Gasteiger partial charge in [-0.1, -0.05) is 48.2 Å². The molecule has 0 atom stereocenters. The number of para-hydroxylation sites is 3. The van der Waals surface area contributed by atoms with Crippen LogP contribution in [-0.4, -0.2) is 32.0 Å². The van der Waals surface area contributed by atoms with Crippen molar-refractivity contribution in [3.63, 3.8) is 0 Å². The maximum Gasteiger partial charge on any atom is 0.250 e. The number of hydrogen-bond acceptors (Lipinski definition) is 4. The number of nitrogens with one attached hydrogen (secondary N) is 1. The van der Waals surface area contributed by atoms with Crippen molar-refractivity contribution in [3.8, 4) is 0 Å². The van der Waals surface area contributed by atoms with E-state index in [-0.39, 0.29) is 11.7 Å². The molecule has 0 aliphatic carbocycles. The van der Waals surface area contributed by atoms with Crippen LogP contribution in [0.3, 0.4) is 0 Å². The van der Waals surface area contributed by atoms with E-state index in [2.05, 4.69) is 63.4 Å². The summed E-state index contributed by atoms with van der Waals surface area (Å²) in [4.78, 5) is 16.9. The van der Waals surface area contributed by atoms with Crippen LogP contribution < -0.4 is 5.43 Å². The number of aromatic nitrogens is 3. The molecule has 3 aromatic carbocycles. The number of hydrogen-bond donors (Lipinski definition) is 1. The Morgan fingerprint density at radius 3 is 2.59 bits per heavy atom. The van der Waals surface area contributed by atoms with Gasteiger partial charge in [-0.15, -0.1) is 0 Å². The minimum Gasteiger partial charge on any atom is -0.341 e. The van der Waals surface area contributed by atoms with Gasteiger partial charge in [-0.2, -0.15) is 5.10 Å². The highest BCUT2D eigenvalue weighted by Crippen LogP contribution is 2.29. The Hall–Kier alpha value is -3.58. The number of nitrogens with zero attached hydrogens (tertiary/aromatic N) is 4. The molecular weight excluding hydrogens is 418 g/mol. The average molecular weight is 442 g/mol. The number of carbonyl (C=O) groups excluding carboxylic acids is 1. The molecule has 0 fully saturated rings. The normalized spacial score (nSPS) is 11.8. The third-order valence-electron chi connectivity index (χ3n) is 5.59. The van der Waals surface area contributed by atoms with Crippen LogP contribution in [-0.2, 0) is 18.4 Å². The zero-order valence-electron chi connectivity index (χ0n) is 17.9. The SMILES string of the molecule is CCn1c2ccccc2c2cc(/C=N/NC(=O)CSc3nc4ccccc4n3C)ccc21. The van der Waals surface area contributed by atoms with E-state index in [9.17, 15) is 4.79 Å². The van der Waals surface area contributed by atoms with Crippen molar-refractivity contribution in [1.82, 2.24) is 19.5 Å². The van der Waals surface area contributed by atoms with Gasteiger partial charge in [0.05, 0.1) is 23.0 Å². The monoisotopic (exact) mass is 441 g/mol. The third kappa shape index (κ3) is 3.65. The van der Waals surface area contributed by atoms with Crippen molar-refractivity contribution in [2.75, 3.05) is 5.75 Å². The van der Waals surface area contributed by atoms with Gasteiger partial charge >= 0.3 is 0 Å². The van der Waals surface area contributed by atoms with E-state index >= 15 is 0 Å². The van der Waals surface area contributed by atoms with E-state index in [1.807, 2.05) is 41.9 Å². The number of carbonyl (C=O) groups is 1. The van der Waals surface area contributed by atoms with Crippen LogP contribution in [0.15, 0.2) is 77.0 Å². The van der Waals surface area contributed by atoms with Crippen molar-refractivity contribution in [2.24, 2.45) is 12.1 Å². The first-order valence-electron chi connectivity index (χ1n) is 10.5. The Labute approximate surface area is 189 Å². The van der Waals surface area contributed by atoms with Crippen LogP contribution in [0.5, 0.6) is 0 Å². The van der Waals surface area contributed by atoms with Gasteiger partial charge in [0.1, 0.15) is 0 Å². The Balaban J connectivity index is 1.27. The van der Waals surface area contributed by atoms with E-state index in [4.69, 9.17) is 0 Å². The molecule has 0 aliphatic rings. The van der Waals surface area contributed by atoms with E-state index in [1.54, 1.807) is 6.21 Å². The molecule has 2 aromatic heterocycles. The molecule has 0 unspecified atom stereocenters. The lowest BCUT2D eigenvalue weighted by Crippen LogP contribution is -2.19. The molecule has 5 aromatic rings.